The quantitative estimate of drug-likeness (QED) is 0.643. The minimum atomic E-state index is -1.11. The van der Waals surface area contributed by atoms with Crippen molar-refractivity contribution in [1.82, 2.24) is 4.98 Å². The number of carbonyl (C=O) groups is 3. The van der Waals surface area contributed by atoms with Gasteiger partial charge in [-0.2, -0.15) is 0 Å². The van der Waals surface area contributed by atoms with Crippen LogP contribution >= 0.6 is 0 Å². The van der Waals surface area contributed by atoms with Crippen LogP contribution in [-0.4, -0.2) is 28.7 Å². The normalized spacial score (nSPS) is 11.4. The highest BCUT2D eigenvalue weighted by atomic mass is 16.5. The lowest BCUT2D eigenvalue weighted by Crippen LogP contribution is -2.31. The molecule has 2 aromatic rings. The van der Waals surface area contributed by atoms with E-state index in [1.165, 1.54) is 38.2 Å². The zero-order valence-electron chi connectivity index (χ0n) is 13.2. The van der Waals surface area contributed by atoms with Crippen molar-refractivity contribution in [3.05, 3.63) is 64.1 Å². The number of ether oxygens (including phenoxy) is 1. The predicted molar refractivity (Wildman–Crippen MR) is 87.0 cm³/mol. The van der Waals surface area contributed by atoms with E-state index in [0.717, 1.165) is 0 Å². The maximum Gasteiger partial charge on any atom is 0.344 e. The Hall–Kier alpha value is -3.22. The first-order valence-electron chi connectivity index (χ1n) is 7.19. The molecule has 0 bridgehead atoms. The number of carbonyl (C=O) groups excluding carboxylic acids is 3. The summed E-state index contributed by atoms with van der Waals surface area (Å²) in [7, 11) is 0. The Balaban J connectivity index is 2.03. The van der Waals surface area contributed by atoms with Gasteiger partial charge in [0.25, 0.3) is 11.5 Å². The highest BCUT2D eigenvalue weighted by Crippen LogP contribution is 2.12. The van der Waals surface area contributed by atoms with Gasteiger partial charge in [0.05, 0.1) is 0 Å². The Morgan fingerprint density at radius 1 is 1.17 bits per heavy atom. The van der Waals surface area contributed by atoms with Gasteiger partial charge < -0.3 is 15.0 Å². The Labute approximate surface area is 137 Å². The van der Waals surface area contributed by atoms with Crippen molar-refractivity contribution < 1.29 is 19.1 Å². The molecule has 1 aromatic carbocycles. The number of amides is 1. The number of aromatic nitrogens is 1. The molecule has 1 amide bonds. The molecule has 1 atom stereocenters. The number of rotatable bonds is 5. The average molecular weight is 328 g/mol. The van der Waals surface area contributed by atoms with Crippen LogP contribution < -0.4 is 10.9 Å². The fraction of sp³-hybridized carbons (Fsp3) is 0.176. The van der Waals surface area contributed by atoms with E-state index in [1.807, 2.05) is 0 Å². The summed E-state index contributed by atoms with van der Waals surface area (Å²) < 4.78 is 4.99. The highest BCUT2D eigenvalue weighted by Gasteiger charge is 2.20. The Morgan fingerprint density at radius 3 is 2.58 bits per heavy atom. The first-order chi connectivity index (χ1) is 11.4. The lowest BCUT2D eigenvalue weighted by atomic mass is 10.1. The fourth-order valence-corrected chi connectivity index (χ4v) is 1.92. The third-order valence-electron chi connectivity index (χ3n) is 3.23. The summed E-state index contributed by atoms with van der Waals surface area (Å²) in [5, 5.41) is 2.55. The summed E-state index contributed by atoms with van der Waals surface area (Å²) in [6.07, 6.45) is 0.273. The van der Waals surface area contributed by atoms with E-state index in [-0.39, 0.29) is 11.3 Å². The number of pyridine rings is 1. The number of esters is 1. The number of anilines is 1. The SMILES string of the molecule is CC(=O)c1cccc(NC(=O)[C@@H](C)OC(=O)c2ccc[nH]c2=O)c1. The van der Waals surface area contributed by atoms with Crippen LogP contribution in [0.15, 0.2) is 47.4 Å². The van der Waals surface area contributed by atoms with Crippen LogP contribution in [-0.2, 0) is 9.53 Å². The second-order valence-corrected chi connectivity index (χ2v) is 5.09. The van der Waals surface area contributed by atoms with Gasteiger partial charge in [-0.25, -0.2) is 4.79 Å². The molecular weight excluding hydrogens is 312 g/mol. The molecule has 0 aliphatic carbocycles. The van der Waals surface area contributed by atoms with Gasteiger partial charge in [0, 0.05) is 17.4 Å². The number of hydrogen-bond donors (Lipinski definition) is 2. The molecule has 1 aromatic heterocycles. The molecule has 0 saturated heterocycles. The number of benzene rings is 1. The van der Waals surface area contributed by atoms with Gasteiger partial charge in [-0.15, -0.1) is 0 Å². The monoisotopic (exact) mass is 328 g/mol. The van der Waals surface area contributed by atoms with Crippen LogP contribution in [0.2, 0.25) is 0 Å². The van der Waals surface area contributed by atoms with Gasteiger partial charge in [-0.3, -0.25) is 14.4 Å². The lowest BCUT2D eigenvalue weighted by Gasteiger charge is -2.13. The third kappa shape index (κ3) is 4.16. The Bertz CT molecular complexity index is 841. The standard InChI is InChI=1S/C17H16N2O5/c1-10(20)12-5-3-6-13(9-12)19-15(21)11(2)24-17(23)14-7-4-8-18-16(14)22/h3-9,11H,1-2H3,(H,18,22)(H,19,21)/t11-/m1/s1. The molecule has 24 heavy (non-hydrogen) atoms. The van der Waals surface area contributed by atoms with Crippen LogP contribution in [0.1, 0.15) is 34.6 Å². The predicted octanol–water partition coefficient (Wildman–Crippen LogP) is 1.76. The summed E-state index contributed by atoms with van der Waals surface area (Å²) in [5.74, 6) is -1.60. The number of Topliss-reactive ketones (excluding diaryl/α,β-unsaturated/α-hetero) is 1. The van der Waals surface area contributed by atoms with Crippen LogP contribution in [0.3, 0.4) is 0 Å². The van der Waals surface area contributed by atoms with E-state index >= 15 is 0 Å². The van der Waals surface area contributed by atoms with Crippen molar-refractivity contribution in [2.75, 3.05) is 5.32 Å². The van der Waals surface area contributed by atoms with E-state index in [1.54, 1.807) is 18.2 Å². The largest absolute Gasteiger partial charge is 0.449 e. The molecule has 0 spiro atoms. The van der Waals surface area contributed by atoms with Crippen LogP contribution in [0.5, 0.6) is 0 Å². The van der Waals surface area contributed by atoms with Gasteiger partial charge in [0.1, 0.15) is 5.56 Å². The lowest BCUT2D eigenvalue weighted by molar-refractivity contribution is -0.123. The van der Waals surface area contributed by atoms with Crippen molar-refractivity contribution in [2.45, 2.75) is 20.0 Å². The van der Waals surface area contributed by atoms with Crippen LogP contribution in [0, 0.1) is 0 Å². The van der Waals surface area contributed by atoms with E-state index in [0.29, 0.717) is 11.3 Å². The van der Waals surface area contributed by atoms with Crippen LogP contribution in [0.4, 0.5) is 5.69 Å². The maximum atomic E-state index is 12.1. The van der Waals surface area contributed by atoms with Crippen molar-refractivity contribution >= 4 is 23.3 Å². The van der Waals surface area contributed by atoms with Crippen LogP contribution in [0.25, 0.3) is 0 Å². The minimum Gasteiger partial charge on any atom is -0.449 e. The molecule has 0 aliphatic rings. The number of H-pyrrole nitrogens is 1. The number of ketones is 1. The van der Waals surface area contributed by atoms with E-state index in [4.69, 9.17) is 4.74 Å². The molecular formula is C17H16N2O5. The topological polar surface area (TPSA) is 105 Å². The molecule has 7 heteroatoms. The average Bonchev–Trinajstić information content (AvgIpc) is 2.55. The van der Waals surface area contributed by atoms with Crippen molar-refractivity contribution in [2.24, 2.45) is 0 Å². The molecule has 124 valence electrons. The van der Waals surface area contributed by atoms with Crippen molar-refractivity contribution in [3.63, 3.8) is 0 Å². The minimum absolute atomic E-state index is 0.131. The first-order valence-corrected chi connectivity index (χ1v) is 7.19. The Kier molecular flexibility index (Phi) is 5.26. The van der Waals surface area contributed by atoms with E-state index < -0.39 is 23.5 Å². The summed E-state index contributed by atoms with van der Waals surface area (Å²) in [5.41, 5.74) is 0.0846. The Morgan fingerprint density at radius 2 is 1.92 bits per heavy atom. The summed E-state index contributed by atoms with van der Waals surface area (Å²) >= 11 is 0. The fourth-order valence-electron chi connectivity index (χ4n) is 1.92. The smallest absolute Gasteiger partial charge is 0.344 e. The van der Waals surface area contributed by atoms with Crippen molar-refractivity contribution in [1.29, 1.82) is 0 Å². The van der Waals surface area contributed by atoms with Gasteiger partial charge in [0.2, 0.25) is 0 Å². The molecule has 2 rings (SSSR count). The van der Waals surface area contributed by atoms with Gasteiger partial charge >= 0.3 is 5.97 Å². The summed E-state index contributed by atoms with van der Waals surface area (Å²) in [4.78, 5) is 49.2. The second-order valence-electron chi connectivity index (χ2n) is 5.09. The molecule has 0 fully saturated rings. The zero-order chi connectivity index (χ0) is 17.7. The number of aromatic amines is 1. The molecule has 0 aliphatic heterocycles. The molecule has 0 saturated carbocycles. The summed E-state index contributed by atoms with van der Waals surface area (Å²) in [6, 6.07) is 9.19. The third-order valence-corrected chi connectivity index (χ3v) is 3.23. The number of hydrogen-bond acceptors (Lipinski definition) is 5. The van der Waals surface area contributed by atoms with Gasteiger partial charge in [-0.05, 0) is 38.1 Å². The molecule has 0 unspecified atom stereocenters. The molecule has 2 N–H and O–H groups in total. The van der Waals surface area contributed by atoms with Gasteiger partial charge in [0.15, 0.2) is 11.9 Å². The first kappa shape index (κ1) is 17.1. The maximum absolute atomic E-state index is 12.1. The van der Waals surface area contributed by atoms with E-state index in [9.17, 15) is 19.2 Å². The van der Waals surface area contributed by atoms with E-state index in [2.05, 4.69) is 10.3 Å². The second kappa shape index (κ2) is 7.36. The zero-order valence-corrected chi connectivity index (χ0v) is 13.2. The molecule has 7 nitrogen and oxygen atoms in total. The molecule has 0 radical (unpaired) electrons. The van der Waals surface area contributed by atoms with Crippen molar-refractivity contribution in [3.8, 4) is 0 Å². The highest BCUT2D eigenvalue weighted by molar-refractivity contribution is 5.99. The summed E-state index contributed by atoms with van der Waals surface area (Å²) in [6.45, 7) is 2.81. The molecule has 1 heterocycles. The number of nitrogens with one attached hydrogen (secondary N) is 2. The van der Waals surface area contributed by atoms with Gasteiger partial charge in [-0.1, -0.05) is 12.1 Å².